The summed E-state index contributed by atoms with van der Waals surface area (Å²) < 4.78 is 25.1. The quantitative estimate of drug-likeness (QED) is 0.727. The molecule has 0 aliphatic carbocycles. The normalized spacial score (nSPS) is 26.1. The average molecular weight is 232 g/mol. The van der Waals surface area contributed by atoms with Crippen LogP contribution in [0.15, 0.2) is 29.2 Å². The molecule has 0 radical (unpaired) electrons. The molecular formula is C9H10ClNO2S. The summed E-state index contributed by atoms with van der Waals surface area (Å²) in [5, 5.41) is 0.544. The Hall–Kier alpha value is -0.580. The van der Waals surface area contributed by atoms with E-state index in [2.05, 4.69) is 0 Å². The number of rotatable bonds is 2. The van der Waals surface area contributed by atoms with E-state index in [4.69, 9.17) is 11.6 Å². The van der Waals surface area contributed by atoms with Gasteiger partial charge in [-0.2, -0.15) is 4.31 Å². The lowest BCUT2D eigenvalue weighted by atomic mass is 10.4. The lowest BCUT2D eigenvalue weighted by molar-refractivity contribution is 0.555. The Morgan fingerprint density at radius 3 is 2.29 bits per heavy atom. The molecular weight excluding hydrogens is 222 g/mol. The van der Waals surface area contributed by atoms with Crippen molar-refractivity contribution in [3.63, 3.8) is 0 Å². The fourth-order valence-electron chi connectivity index (χ4n) is 1.29. The maximum atomic E-state index is 11.8. The standard InChI is InChI=1S/C9H10ClNO2S/c1-7-6-11(7)14(12,13)9-4-2-8(10)3-5-9/h2-5,7H,6H2,1H3. The summed E-state index contributed by atoms with van der Waals surface area (Å²) in [5.74, 6) is 0. The smallest absolute Gasteiger partial charge is 0.207 e. The van der Waals surface area contributed by atoms with Crippen molar-refractivity contribution in [1.82, 2.24) is 4.31 Å². The first-order valence-electron chi connectivity index (χ1n) is 4.29. The molecule has 0 amide bonds. The van der Waals surface area contributed by atoms with Crippen molar-refractivity contribution < 1.29 is 8.42 Å². The predicted octanol–water partition coefficient (Wildman–Crippen LogP) is 1.73. The van der Waals surface area contributed by atoms with Gasteiger partial charge in [0.2, 0.25) is 10.0 Å². The Balaban J connectivity index is 2.35. The Labute approximate surface area is 88.3 Å². The largest absolute Gasteiger partial charge is 0.243 e. The van der Waals surface area contributed by atoms with E-state index >= 15 is 0 Å². The maximum absolute atomic E-state index is 11.8. The summed E-state index contributed by atoms with van der Waals surface area (Å²) in [5.41, 5.74) is 0. The Bertz CT molecular complexity index is 440. The van der Waals surface area contributed by atoms with E-state index in [-0.39, 0.29) is 6.04 Å². The summed E-state index contributed by atoms with van der Waals surface area (Å²) >= 11 is 5.68. The molecule has 1 aromatic carbocycles. The molecule has 14 heavy (non-hydrogen) atoms. The van der Waals surface area contributed by atoms with Crippen LogP contribution in [0, 0.1) is 0 Å². The molecule has 0 bridgehead atoms. The highest BCUT2D eigenvalue weighted by molar-refractivity contribution is 7.89. The summed E-state index contributed by atoms with van der Waals surface area (Å²) in [6.45, 7) is 2.50. The van der Waals surface area contributed by atoms with Gasteiger partial charge in [-0.25, -0.2) is 8.42 Å². The monoisotopic (exact) mass is 231 g/mol. The van der Waals surface area contributed by atoms with Crippen molar-refractivity contribution in [3.05, 3.63) is 29.3 Å². The highest BCUT2D eigenvalue weighted by atomic mass is 35.5. The Kier molecular flexibility index (Phi) is 2.29. The van der Waals surface area contributed by atoms with Gasteiger partial charge in [0.1, 0.15) is 0 Å². The summed E-state index contributed by atoms with van der Waals surface area (Å²) in [4.78, 5) is 0.311. The molecule has 5 heteroatoms. The minimum Gasteiger partial charge on any atom is -0.207 e. The molecule has 0 spiro atoms. The van der Waals surface area contributed by atoms with E-state index < -0.39 is 10.0 Å². The second-order valence-corrected chi connectivity index (χ2v) is 5.70. The molecule has 2 unspecified atom stereocenters. The van der Waals surface area contributed by atoms with Crippen molar-refractivity contribution in [2.75, 3.05) is 6.54 Å². The molecule has 0 aromatic heterocycles. The molecule has 1 heterocycles. The maximum Gasteiger partial charge on any atom is 0.243 e. The van der Waals surface area contributed by atoms with Crippen LogP contribution in [0.5, 0.6) is 0 Å². The molecule has 76 valence electrons. The predicted molar refractivity (Wildman–Crippen MR) is 54.8 cm³/mol. The van der Waals surface area contributed by atoms with Crippen molar-refractivity contribution >= 4 is 21.6 Å². The minimum absolute atomic E-state index is 0.135. The van der Waals surface area contributed by atoms with E-state index in [1.807, 2.05) is 6.92 Å². The van der Waals surface area contributed by atoms with Crippen LogP contribution in [0.3, 0.4) is 0 Å². The Morgan fingerprint density at radius 1 is 1.36 bits per heavy atom. The lowest BCUT2D eigenvalue weighted by Gasteiger charge is -2.04. The van der Waals surface area contributed by atoms with Crippen LogP contribution in [-0.4, -0.2) is 25.3 Å². The number of nitrogens with zero attached hydrogens (tertiary/aromatic N) is 1. The van der Waals surface area contributed by atoms with E-state index in [0.29, 0.717) is 16.5 Å². The molecule has 2 rings (SSSR count). The number of benzene rings is 1. The first-order chi connectivity index (χ1) is 6.51. The lowest BCUT2D eigenvalue weighted by Crippen LogP contribution is -2.13. The van der Waals surface area contributed by atoms with Gasteiger partial charge in [-0.3, -0.25) is 0 Å². The van der Waals surface area contributed by atoms with Crippen LogP contribution >= 0.6 is 11.6 Å². The van der Waals surface area contributed by atoms with Crippen molar-refractivity contribution in [2.45, 2.75) is 17.9 Å². The highest BCUT2D eigenvalue weighted by Gasteiger charge is 2.40. The van der Waals surface area contributed by atoms with Gasteiger partial charge in [0.25, 0.3) is 0 Å². The number of hydrogen-bond acceptors (Lipinski definition) is 2. The third-order valence-corrected chi connectivity index (χ3v) is 4.47. The van der Waals surface area contributed by atoms with Crippen LogP contribution < -0.4 is 0 Å². The molecule has 3 nitrogen and oxygen atoms in total. The second kappa shape index (κ2) is 3.22. The van der Waals surface area contributed by atoms with Crippen LogP contribution in [-0.2, 0) is 10.0 Å². The second-order valence-electron chi connectivity index (χ2n) is 3.38. The van der Waals surface area contributed by atoms with Gasteiger partial charge in [0, 0.05) is 17.6 Å². The fraction of sp³-hybridized carbons (Fsp3) is 0.333. The Morgan fingerprint density at radius 2 is 1.86 bits per heavy atom. The zero-order valence-corrected chi connectivity index (χ0v) is 9.22. The molecule has 0 N–H and O–H groups in total. The van der Waals surface area contributed by atoms with Gasteiger partial charge in [0.15, 0.2) is 0 Å². The molecule has 1 aliphatic rings. The average Bonchev–Trinajstić information content (AvgIpc) is 2.84. The third kappa shape index (κ3) is 1.65. The highest BCUT2D eigenvalue weighted by Crippen LogP contribution is 2.28. The fourth-order valence-corrected chi connectivity index (χ4v) is 3.05. The van der Waals surface area contributed by atoms with Gasteiger partial charge < -0.3 is 0 Å². The van der Waals surface area contributed by atoms with E-state index in [9.17, 15) is 8.42 Å². The first-order valence-corrected chi connectivity index (χ1v) is 6.11. The van der Waals surface area contributed by atoms with Crippen molar-refractivity contribution in [3.8, 4) is 0 Å². The number of sulfonamides is 1. The first kappa shape index (κ1) is 9.96. The minimum atomic E-state index is -3.26. The molecule has 0 saturated carbocycles. The summed E-state index contributed by atoms with van der Waals surface area (Å²) in [7, 11) is -3.26. The molecule has 1 saturated heterocycles. The van der Waals surface area contributed by atoms with Crippen molar-refractivity contribution in [1.29, 1.82) is 0 Å². The van der Waals surface area contributed by atoms with Crippen LogP contribution in [0.2, 0.25) is 5.02 Å². The van der Waals surface area contributed by atoms with E-state index in [1.165, 1.54) is 16.4 Å². The zero-order chi connectivity index (χ0) is 10.3. The number of halogens is 1. The van der Waals surface area contributed by atoms with Crippen molar-refractivity contribution in [2.24, 2.45) is 0 Å². The molecule has 1 aliphatic heterocycles. The van der Waals surface area contributed by atoms with Gasteiger partial charge in [0.05, 0.1) is 4.90 Å². The molecule has 1 aromatic rings. The SMILES string of the molecule is CC1CN1S(=O)(=O)c1ccc(Cl)cc1. The molecule has 2 atom stereocenters. The van der Waals surface area contributed by atoms with E-state index in [1.54, 1.807) is 12.1 Å². The van der Waals surface area contributed by atoms with Crippen LogP contribution in [0.1, 0.15) is 6.92 Å². The zero-order valence-electron chi connectivity index (χ0n) is 7.64. The number of hydrogen-bond donors (Lipinski definition) is 0. The summed E-state index contributed by atoms with van der Waals surface area (Å²) in [6, 6.07) is 6.37. The van der Waals surface area contributed by atoms with Gasteiger partial charge >= 0.3 is 0 Å². The molecule has 1 fully saturated rings. The third-order valence-electron chi connectivity index (χ3n) is 2.22. The van der Waals surface area contributed by atoms with Crippen LogP contribution in [0.25, 0.3) is 0 Å². The topological polar surface area (TPSA) is 37.1 Å². The van der Waals surface area contributed by atoms with Gasteiger partial charge in [-0.05, 0) is 31.2 Å². The summed E-state index contributed by atoms with van der Waals surface area (Å²) in [6.07, 6.45) is 0. The van der Waals surface area contributed by atoms with Gasteiger partial charge in [-0.1, -0.05) is 11.6 Å². The van der Waals surface area contributed by atoms with Gasteiger partial charge in [-0.15, -0.1) is 0 Å². The van der Waals surface area contributed by atoms with E-state index in [0.717, 1.165) is 0 Å². The van der Waals surface area contributed by atoms with Crippen LogP contribution in [0.4, 0.5) is 0 Å².